The molecule has 0 saturated heterocycles. The van der Waals surface area contributed by atoms with E-state index in [2.05, 4.69) is 0 Å². The lowest BCUT2D eigenvalue weighted by atomic mass is 10.2. The van der Waals surface area contributed by atoms with E-state index in [0.717, 1.165) is 0 Å². The normalized spacial score (nSPS) is 13.4. The molecule has 0 aromatic rings. The first-order chi connectivity index (χ1) is 6.34. The van der Waals surface area contributed by atoms with E-state index < -0.39 is 0 Å². The third-order valence-corrected chi connectivity index (χ3v) is 1.99. The maximum Gasteiger partial charge on any atom is 0.219 e. The summed E-state index contributed by atoms with van der Waals surface area (Å²) in [5, 5.41) is 0. The Bertz CT molecular complexity index is 178. The van der Waals surface area contributed by atoms with Crippen molar-refractivity contribution in [2.24, 2.45) is 0 Å². The van der Waals surface area contributed by atoms with Gasteiger partial charge in [-0.2, -0.15) is 0 Å². The zero-order chi connectivity index (χ0) is 11.3. The summed E-state index contributed by atoms with van der Waals surface area (Å²) < 4.78 is 5.59. The van der Waals surface area contributed by atoms with Gasteiger partial charge in [0.1, 0.15) is 0 Å². The smallest absolute Gasteiger partial charge is 0.219 e. The van der Waals surface area contributed by atoms with Crippen LogP contribution in [0.15, 0.2) is 0 Å². The summed E-state index contributed by atoms with van der Waals surface area (Å²) in [6.45, 7) is 12.3. The Hall–Kier alpha value is -0.570. The molecule has 14 heavy (non-hydrogen) atoms. The molecule has 0 spiro atoms. The van der Waals surface area contributed by atoms with Gasteiger partial charge in [-0.15, -0.1) is 0 Å². The van der Waals surface area contributed by atoms with Crippen molar-refractivity contribution in [3.8, 4) is 0 Å². The molecule has 0 aliphatic carbocycles. The number of ether oxygens (including phenoxy) is 1. The number of hydrogen-bond acceptors (Lipinski definition) is 2. The topological polar surface area (TPSA) is 29.5 Å². The van der Waals surface area contributed by atoms with Crippen LogP contribution in [0.4, 0.5) is 0 Å². The van der Waals surface area contributed by atoms with Crippen molar-refractivity contribution >= 4 is 5.91 Å². The minimum absolute atomic E-state index is 0.0984. The van der Waals surface area contributed by atoms with Crippen molar-refractivity contribution in [3.63, 3.8) is 0 Å². The highest BCUT2D eigenvalue weighted by Gasteiger charge is 2.16. The SMILES string of the molecule is CC(=O)N(CC(C)OC(C)C)C(C)C. The number of carbonyl (C=O) groups is 1. The van der Waals surface area contributed by atoms with Crippen molar-refractivity contribution in [3.05, 3.63) is 0 Å². The van der Waals surface area contributed by atoms with Crippen LogP contribution in [0.25, 0.3) is 0 Å². The number of amides is 1. The second-order valence-electron chi connectivity index (χ2n) is 4.26. The molecule has 0 N–H and O–H groups in total. The van der Waals surface area contributed by atoms with Crippen molar-refractivity contribution in [2.45, 2.75) is 59.8 Å². The maximum atomic E-state index is 11.3. The molecule has 1 atom stereocenters. The molecule has 0 heterocycles. The molecule has 0 aliphatic rings. The van der Waals surface area contributed by atoms with Gasteiger partial charge in [0, 0.05) is 19.5 Å². The van der Waals surface area contributed by atoms with Crippen LogP contribution in [0.1, 0.15) is 41.5 Å². The molecule has 0 saturated carbocycles. The van der Waals surface area contributed by atoms with Crippen LogP contribution in [0, 0.1) is 0 Å². The van der Waals surface area contributed by atoms with Gasteiger partial charge in [0.05, 0.1) is 12.2 Å². The summed E-state index contributed by atoms with van der Waals surface area (Å²) >= 11 is 0. The Balaban J connectivity index is 4.10. The van der Waals surface area contributed by atoms with Gasteiger partial charge >= 0.3 is 0 Å². The molecular weight excluding hydrogens is 178 g/mol. The van der Waals surface area contributed by atoms with Gasteiger partial charge in [0.25, 0.3) is 0 Å². The quantitative estimate of drug-likeness (QED) is 0.681. The molecular formula is C11H23NO2. The first-order valence-electron chi connectivity index (χ1n) is 5.27. The zero-order valence-electron chi connectivity index (χ0n) is 10.2. The Morgan fingerprint density at radius 3 is 2.00 bits per heavy atom. The molecule has 0 fully saturated rings. The highest BCUT2D eigenvalue weighted by atomic mass is 16.5. The predicted molar refractivity (Wildman–Crippen MR) is 58.2 cm³/mol. The second kappa shape index (κ2) is 6.02. The molecule has 0 bridgehead atoms. The lowest BCUT2D eigenvalue weighted by molar-refractivity contribution is -0.133. The molecule has 1 unspecified atom stereocenters. The fourth-order valence-electron chi connectivity index (χ4n) is 1.49. The highest BCUT2D eigenvalue weighted by molar-refractivity contribution is 5.73. The summed E-state index contributed by atoms with van der Waals surface area (Å²) in [5.41, 5.74) is 0. The van der Waals surface area contributed by atoms with E-state index in [1.165, 1.54) is 0 Å². The molecule has 3 nitrogen and oxygen atoms in total. The van der Waals surface area contributed by atoms with Gasteiger partial charge in [-0.1, -0.05) is 0 Å². The Morgan fingerprint density at radius 2 is 1.71 bits per heavy atom. The number of nitrogens with zero attached hydrogens (tertiary/aromatic N) is 1. The molecule has 1 amide bonds. The third kappa shape index (κ3) is 5.22. The average molecular weight is 201 g/mol. The maximum absolute atomic E-state index is 11.3. The summed E-state index contributed by atoms with van der Waals surface area (Å²) in [5.74, 6) is 0.110. The van der Waals surface area contributed by atoms with Crippen LogP contribution in [0.3, 0.4) is 0 Å². The van der Waals surface area contributed by atoms with E-state index >= 15 is 0 Å². The summed E-state index contributed by atoms with van der Waals surface area (Å²) in [6, 6.07) is 0.241. The van der Waals surface area contributed by atoms with Gasteiger partial charge in [0.15, 0.2) is 0 Å². The molecule has 0 aliphatic heterocycles. The monoisotopic (exact) mass is 201 g/mol. The fraction of sp³-hybridized carbons (Fsp3) is 0.909. The van der Waals surface area contributed by atoms with E-state index in [1.807, 2.05) is 39.5 Å². The lowest BCUT2D eigenvalue weighted by Gasteiger charge is -2.29. The van der Waals surface area contributed by atoms with E-state index in [-0.39, 0.29) is 24.2 Å². The molecule has 84 valence electrons. The molecule has 3 heteroatoms. The van der Waals surface area contributed by atoms with Crippen LogP contribution in [0.5, 0.6) is 0 Å². The van der Waals surface area contributed by atoms with Gasteiger partial charge in [-0.3, -0.25) is 4.79 Å². The Kier molecular flexibility index (Phi) is 5.77. The Labute approximate surface area is 87.4 Å². The van der Waals surface area contributed by atoms with Gasteiger partial charge in [0.2, 0.25) is 5.91 Å². The largest absolute Gasteiger partial charge is 0.374 e. The van der Waals surface area contributed by atoms with Gasteiger partial charge in [-0.25, -0.2) is 0 Å². The standard InChI is InChI=1S/C11H23NO2/c1-8(2)12(11(6)13)7-10(5)14-9(3)4/h8-10H,7H2,1-6H3. The van der Waals surface area contributed by atoms with Crippen LogP contribution >= 0.6 is 0 Å². The summed E-state index contributed by atoms with van der Waals surface area (Å²) in [6.07, 6.45) is 0.312. The first kappa shape index (κ1) is 13.4. The first-order valence-corrected chi connectivity index (χ1v) is 5.27. The predicted octanol–water partition coefficient (Wildman–Crippen LogP) is 2.06. The van der Waals surface area contributed by atoms with E-state index in [4.69, 9.17) is 4.74 Å². The van der Waals surface area contributed by atoms with Gasteiger partial charge in [-0.05, 0) is 34.6 Å². The lowest BCUT2D eigenvalue weighted by Crippen LogP contribution is -2.41. The van der Waals surface area contributed by atoms with E-state index in [1.54, 1.807) is 6.92 Å². The van der Waals surface area contributed by atoms with Crippen molar-refractivity contribution in [2.75, 3.05) is 6.54 Å². The van der Waals surface area contributed by atoms with Crippen LogP contribution in [-0.2, 0) is 9.53 Å². The second-order valence-corrected chi connectivity index (χ2v) is 4.26. The zero-order valence-corrected chi connectivity index (χ0v) is 10.2. The average Bonchev–Trinajstić information content (AvgIpc) is 1.97. The molecule has 0 radical (unpaired) electrons. The number of rotatable bonds is 5. The Morgan fingerprint density at radius 1 is 1.21 bits per heavy atom. The van der Waals surface area contributed by atoms with Crippen molar-refractivity contribution in [1.29, 1.82) is 0 Å². The number of carbonyl (C=O) groups excluding carboxylic acids is 1. The third-order valence-electron chi connectivity index (χ3n) is 1.99. The minimum Gasteiger partial charge on any atom is -0.374 e. The fourth-order valence-corrected chi connectivity index (χ4v) is 1.49. The number of hydrogen-bond donors (Lipinski definition) is 0. The highest BCUT2D eigenvalue weighted by Crippen LogP contribution is 2.04. The molecule has 0 rings (SSSR count). The van der Waals surface area contributed by atoms with Gasteiger partial charge < -0.3 is 9.64 Å². The van der Waals surface area contributed by atoms with Crippen LogP contribution < -0.4 is 0 Å². The molecule has 0 aromatic heterocycles. The van der Waals surface area contributed by atoms with E-state index in [0.29, 0.717) is 6.54 Å². The minimum atomic E-state index is 0.0984. The van der Waals surface area contributed by atoms with E-state index in [9.17, 15) is 4.79 Å². The molecule has 0 aromatic carbocycles. The van der Waals surface area contributed by atoms with Crippen LogP contribution in [-0.4, -0.2) is 35.6 Å². The van der Waals surface area contributed by atoms with Crippen molar-refractivity contribution < 1.29 is 9.53 Å². The summed E-state index contributed by atoms with van der Waals surface area (Å²) in [4.78, 5) is 13.1. The summed E-state index contributed by atoms with van der Waals surface area (Å²) in [7, 11) is 0. The van der Waals surface area contributed by atoms with Crippen LogP contribution in [0.2, 0.25) is 0 Å². The van der Waals surface area contributed by atoms with Crippen molar-refractivity contribution in [1.82, 2.24) is 4.90 Å².